The van der Waals surface area contributed by atoms with Gasteiger partial charge >= 0.3 is 5.97 Å². The van der Waals surface area contributed by atoms with Crippen LogP contribution in [0.3, 0.4) is 0 Å². The number of hydrogen-bond acceptors (Lipinski definition) is 4. The van der Waals surface area contributed by atoms with Gasteiger partial charge in [0.2, 0.25) is 11.4 Å². The number of ketones is 1. The second-order valence-corrected chi connectivity index (χ2v) is 6.15. The molecule has 0 amide bonds. The number of carbonyl (C=O) groups excluding carboxylic acids is 2. The summed E-state index contributed by atoms with van der Waals surface area (Å²) in [7, 11) is 0. The molecule has 17 heavy (non-hydrogen) atoms. The smallest absolute Gasteiger partial charge is 0.349 e. The van der Waals surface area contributed by atoms with Gasteiger partial charge in [0.1, 0.15) is 0 Å². The molecule has 0 aromatic rings. The second-order valence-electron chi connectivity index (χ2n) is 6.15. The molecule has 0 bridgehead atoms. The highest BCUT2D eigenvalue weighted by Crippen LogP contribution is 2.64. The monoisotopic (exact) mass is 238 g/mol. The Morgan fingerprint density at radius 3 is 2.47 bits per heavy atom. The van der Waals surface area contributed by atoms with Crippen molar-refractivity contribution in [1.29, 1.82) is 0 Å². The molecule has 4 nitrogen and oxygen atoms in total. The van der Waals surface area contributed by atoms with E-state index < -0.39 is 17.4 Å². The van der Waals surface area contributed by atoms with Gasteiger partial charge in [0.05, 0.1) is 0 Å². The standard InChI is InChI=1S/C13H18O4/c1-11(2)16-10(15)13(17-11)9(14)8-6-4-5-7-12(8,13)3/h8H,4-7H2,1-3H3. The third kappa shape index (κ3) is 1.07. The summed E-state index contributed by atoms with van der Waals surface area (Å²) < 4.78 is 11.0. The summed E-state index contributed by atoms with van der Waals surface area (Å²) in [5.41, 5.74) is -1.66. The first-order valence-corrected chi connectivity index (χ1v) is 6.31. The molecule has 1 spiro atoms. The van der Waals surface area contributed by atoms with Crippen LogP contribution in [-0.4, -0.2) is 23.1 Å². The van der Waals surface area contributed by atoms with Gasteiger partial charge in [-0.3, -0.25) is 4.79 Å². The molecule has 0 aromatic carbocycles. The van der Waals surface area contributed by atoms with E-state index in [-0.39, 0.29) is 17.1 Å². The first-order chi connectivity index (χ1) is 7.83. The van der Waals surface area contributed by atoms with Crippen molar-refractivity contribution in [3.63, 3.8) is 0 Å². The van der Waals surface area contributed by atoms with Crippen molar-refractivity contribution in [1.82, 2.24) is 0 Å². The molecule has 1 heterocycles. The molecule has 94 valence electrons. The van der Waals surface area contributed by atoms with Gasteiger partial charge in [-0.15, -0.1) is 0 Å². The third-order valence-electron chi connectivity index (χ3n) is 4.70. The minimum atomic E-state index is -1.30. The van der Waals surface area contributed by atoms with Gasteiger partial charge in [-0.2, -0.15) is 0 Å². The zero-order valence-electron chi connectivity index (χ0n) is 10.5. The Kier molecular flexibility index (Phi) is 1.92. The van der Waals surface area contributed by atoms with E-state index in [1.807, 2.05) is 6.92 Å². The highest BCUT2D eigenvalue weighted by Gasteiger charge is 2.79. The van der Waals surface area contributed by atoms with E-state index in [0.29, 0.717) is 0 Å². The number of rotatable bonds is 0. The Balaban J connectivity index is 2.03. The fourth-order valence-electron chi connectivity index (χ4n) is 3.85. The van der Waals surface area contributed by atoms with Gasteiger partial charge in [0.15, 0.2) is 5.78 Å². The van der Waals surface area contributed by atoms with Crippen LogP contribution in [0.1, 0.15) is 46.5 Å². The maximum atomic E-state index is 12.3. The molecule has 0 N–H and O–H groups in total. The number of esters is 1. The first kappa shape index (κ1) is 11.2. The van der Waals surface area contributed by atoms with Crippen LogP contribution in [0.2, 0.25) is 0 Å². The fourth-order valence-corrected chi connectivity index (χ4v) is 3.85. The van der Waals surface area contributed by atoms with Crippen LogP contribution in [0.25, 0.3) is 0 Å². The Labute approximate surface area is 101 Å². The zero-order valence-corrected chi connectivity index (χ0v) is 10.5. The van der Waals surface area contributed by atoms with Crippen molar-refractivity contribution >= 4 is 11.8 Å². The average Bonchev–Trinajstić information content (AvgIpc) is 2.50. The molecular formula is C13H18O4. The molecular weight excluding hydrogens is 220 g/mol. The van der Waals surface area contributed by atoms with E-state index in [0.717, 1.165) is 25.7 Å². The molecule has 3 fully saturated rings. The summed E-state index contributed by atoms with van der Waals surface area (Å²) in [6, 6.07) is 0. The molecule has 3 atom stereocenters. The Morgan fingerprint density at radius 1 is 1.18 bits per heavy atom. The summed E-state index contributed by atoms with van der Waals surface area (Å²) in [5.74, 6) is -1.53. The van der Waals surface area contributed by atoms with Crippen molar-refractivity contribution in [3.05, 3.63) is 0 Å². The van der Waals surface area contributed by atoms with Crippen molar-refractivity contribution in [3.8, 4) is 0 Å². The van der Waals surface area contributed by atoms with Crippen LogP contribution in [-0.2, 0) is 19.1 Å². The topological polar surface area (TPSA) is 52.6 Å². The second kappa shape index (κ2) is 2.91. The van der Waals surface area contributed by atoms with Gasteiger partial charge in [-0.25, -0.2) is 4.79 Å². The minimum Gasteiger partial charge on any atom is -0.431 e. The van der Waals surface area contributed by atoms with Gasteiger partial charge in [-0.1, -0.05) is 19.8 Å². The van der Waals surface area contributed by atoms with Crippen molar-refractivity contribution < 1.29 is 19.1 Å². The third-order valence-corrected chi connectivity index (χ3v) is 4.70. The largest absolute Gasteiger partial charge is 0.431 e. The lowest BCUT2D eigenvalue weighted by atomic mass is 9.45. The average molecular weight is 238 g/mol. The van der Waals surface area contributed by atoms with Gasteiger partial charge in [0, 0.05) is 25.2 Å². The van der Waals surface area contributed by atoms with Crippen LogP contribution in [0, 0.1) is 11.3 Å². The summed E-state index contributed by atoms with van der Waals surface area (Å²) in [5, 5.41) is 0. The Hall–Kier alpha value is -0.900. The number of Topliss-reactive ketones (excluding diaryl/α,β-unsaturated/α-hetero) is 1. The lowest BCUT2D eigenvalue weighted by Gasteiger charge is -2.58. The Bertz CT molecular complexity index is 414. The highest BCUT2D eigenvalue weighted by molar-refractivity contribution is 6.16. The molecule has 1 aliphatic heterocycles. The normalized spacial score (nSPS) is 47.6. The summed E-state index contributed by atoms with van der Waals surface area (Å²) in [6.07, 6.45) is 3.88. The zero-order chi connectivity index (χ0) is 12.5. The van der Waals surface area contributed by atoms with E-state index in [4.69, 9.17) is 9.47 Å². The number of cyclic esters (lactones) is 1. The number of fused-ring (bicyclic) bond motifs is 2. The Morgan fingerprint density at radius 2 is 1.88 bits per heavy atom. The van der Waals surface area contributed by atoms with Crippen molar-refractivity contribution in [2.24, 2.45) is 11.3 Å². The highest BCUT2D eigenvalue weighted by atomic mass is 16.8. The predicted octanol–water partition coefficient (Wildman–Crippen LogP) is 1.81. The van der Waals surface area contributed by atoms with Gasteiger partial charge < -0.3 is 9.47 Å². The van der Waals surface area contributed by atoms with E-state index in [1.54, 1.807) is 13.8 Å². The fraction of sp³-hybridized carbons (Fsp3) is 0.846. The lowest BCUT2D eigenvalue weighted by molar-refractivity contribution is -0.238. The van der Waals surface area contributed by atoms with E-state index in [9.17, 15) is 9.59 Å². The van der Waals surface area contributed by atoms with Crippen LogP contribution >= 0.6 is 0 Å². The van der Waals surface area contributed by atoms with Gasteiger partial charge in [0.25, 0.3) is 0 Å². The molecule has 3 unspecified atom stereocenters. The first-order valence-electron chi connectivity index (χ1n) is 6.31. The minimum absolute atomic E-state index is 0.0160. The van der Waals surface area contributed by atoms with Crippen molar-refractivity contribution in [2.75, 3.05) is 0 Å². The molecule has 0 aromatic heterocycles. The SMILES string of the molecule is CC1(C)OC(=O)C2(O1)C(=O)C1CCCCC12C. The lowest BCUT2D eigenvalue weighted by Crippen LogP contribution is -2.74. The van der Waals surface area contributed by atoms with Crippen LogP contribution in [0.4, 0.5) is 0 Å². The van der Waals surface area contributed by atoms with Crippen LogP contribution in [0.15, 0.2) is 0 Å². The van der Waals surface area contributed by atoms with Crippen LogP contribution in [0.5, 0.6) is 0 Å². The number of ether oxygens (including phenoxy) is 2. The molecule has 0 radical (unpaired) electrons. The summed E-state index contributed by atoms with van der Waals surface area (Å²) >= 11 is 0. The quantitative estimate of drug-likeness (QED) is 0.477. The molecule has 3 aliphatic rings. The molecule has 1 saturated heterocycles. The molecule has 2 saturated carbocycles. The summed E-state index contributed by atoms with van der Waals surface area (Å²) in [6.45, 7) is 5.37. The molecule has 2 aliphatic carbocycles. The maximum absolute atomic E-state index is 12.3. The number of carbonyl (C=O) groups is 2. The summed E-state index contributed by atoms with van der Waals surface area (Å²) in [4.78, 5) is 24.4. The maximum Gasteiger partial charge on any atom is 0.349 e. The van der Waals surface area contributed by atoms with Gasteiger partial charge in [-0.05, 0) is 12.8 Å². The molecule has 3 rings (SSSR count). The van der Waals surface area contributed by atoms with E-state index in [2.05, 4.69) is 0 Å². The van der Waals surface area contributed by atoms with E-state index in [1.165, 1.54) is 0 Å². The predicted molar refractivity (Wildman–Crippen MR) is 59.1 cm³/mol. The van der Waals surface area contributed by atoms with Crippen LogP contribution < -0.4 is 0 Å². The number of hydrogen-bond donors (Lipinski definition) is 0. The van der Waals surface area contributed by atoms with E-state index >= 15 is 0 Å². The van der Waals surface area contributed by atoms with Crippen molar-refractivity contribution in [2.45, 2.75) is 57.8 Å². The molecule has 4 heteroatoms.